The van der Waals surface area contributed by atoms with Crippen molar-refractivity contribution < 1.29 is 12.8 Å². The van der Waals surface area contributed by atoms with Gasteiger partial charge in [0.15, 0.2) is 0 Å². The molecular weight excluding hydrogens is 291 g/mol. The van der Waals surface area contributed by atoms with Crippen LogP contribution < -0.4 is 10.0 Å². The van der Waals surface area contributed by atoms with Crippen LogP contribution >= 0.6 is 0 Å². The molecule has 118 valence electrons. The Morgan fingerprint density at radius 2 is 2.10 bits per heavy atom. The Balaban J connectivity index is 2.07. The zero-order valence-electron chi connectivity index (χ0n) is 12.5. The molecule has 1 aromatic rings. The summed E-state index contributed by atoms with van der Waals surface area (Å²) in [6, 6.07) is 4.24. The van der Waals surface area contributed by atoms with Gasteiger partial charge < -0.3 is 5.32 Å². The number of benzene rings is 1. The second-order valence-electron chi connectivity index (χ2n) is 5.77. The van der Waals surface area contributed by atoms with Crippen molar-refractivity contribution in [2.75, 3.05) is 13.1 Å². The Morgan fingerprint density at radius 1 is 1.38 bits per heavy atom. The highest BCUT2D eigenvalue weighted by Crippen LogP contribution is 2.37. The Kier molecular flexibility index (Phi) is 5.35. The van der Waals surface area contributed by atoms with Gasteiger partial charge in [-0.2, -0.15) is 0 Å². The monoisotopic (exact) mass is 314 g/mol. The fourth-order valence-corrected chi connectivity index (χ4v) is 3.47. The van der Waals surface area contributed by atoms with E-state index in [0.717, 1.165) is 24.9 Å². The van der Waals surface area contributed by atoms with Crippen LogP contribution in [-0.4, -0.2) is 21.5 Å². The van der Waals surface area contributed by atoms with Gasteiger partial charge in [-0.15, -0.1) is 0 Å². The maximum Gasteiger partial charge on any atom is 0.243 e. The van der Waals surface area contributed by atoms with E-state index in [1.807, 2.05) is 0 Å². The van der Waals surface area contributed by atoms with Crippen LogP contribution in [-0.2, 0) is 16.6 Å². The highest BCUT2D eigenvalue weighted by atomic mass is 32.2. The average Bonchev–Trinajstić information content (AvgIpc) is 3.15. The van der Waals surface area contributed by atoms with Gasteiger partial charge in [0.05, 0.1) is 0 Å². The van der Waals surface area contributed by atoms with Crippen LogP contribution in [0.15, 0.2) is 23.1 Å². The minimum atomic E-state index is -3.78. The van der Waals surface area contributed by atoms with Gasteiger partial charge in [-0.05, 0) is 48.9 Å². The Bertz CT molecular complexity index is 589. The maximum absolute atomic E-state index is 13.8. The summed E-state index contributed by atoms with van der Waals surface area (Å²) in [7, 11) is -3.78. The van der Waals surface area contributed by atoms with Gasteiger partial charge in [0, 0.05) is 13.1 Å². The van der Waals surface area contributed by atoms with E-state index in [4.69, 9.17) is 0 Å². The number of halogens is 1. The molecule has 0 radical (unpaired) electrons. The summed E-state index contributed by atoms with van der Waals surface area (Å²) in [5.74, 6) is 0.241. The minimum Gasteiger partial charge on any atom is -0.313 e. The highest BCUT2D eigenvalue weighted by molar-refractivity contribution is 7.89. The summed E-state index contributed by atoms with van der Waals surface area (Å²) in [6.45, 7) is 5.91. The molecule has 2 rings (SSSR count). The molecule has 0 bridgehead atoms. The Morgan fingerprint density at radius 3 is 2.71 bits per heavy atom. The lowest BCUT2D eigenvalue weighted by molar-refractivity contribution is 0.551. The van der Waals surface area contributed by atoms with Crippen LogP contribution in [0.5, 0.6) is 0 Å². The van der Waals surface area contributed by atoms with Crippen molar-refractivity contribution in [1.82, 2.24) is 10.0 Å². The molecule has 0 amide bonds. The molecule has 6 heteroatoms. The SMILES string of the molecule is CCCNCc1ccc(F)c(S(=O)(=O)NCC2CC2C)c1. The van der Waals surface area contributed by atoms with Crippen molar-refractivity contribution in [3.05, 3.63) is 29.6 Å². The van der Waals surface area contributed by atoms with E-state index in [-0.39, 0.29) is 4.90 Å². The highest BCUT2D eigenvalue weighted by Gasteiger charge is 2.33. The standard InChI is InChI=1S/C15H23FN2O2S/c1-3-6-17-9-12-4-5-14(16)15(8-12)21(19,20)18-10-13-7-11(13)2/h4-5,8,11,13,17-18H,3,6-7,9-10H2,1-2H3. The Labute approximate surface area is 126 Å². The van der Waals surface area contributed by atoms with Crippen LogP contribution in [0.2, 0.25) is 0 Å². The fraction of sp³-hybridized carbons (Fsp3) is 0.600. The Hall–Kier alpha value is -0.980. The first-order valence-electron chi connectivity index (χ1n) is 7.43. The third-order valence-corrected chi connectivity index (χ3v) is 5.29. The molecule has 0 aliphatic heterocycles. The van der Waals surface area contributed by atoms with Crippen LogP contribution in [0.4, 0.5) is 4.39 Å². The summed E-state index contributed by atoms with van der Waals surface area (Å²) >= 11 is 0. The van der Waals surface area contributed by atoms with Crippen molar-refractivity contribution in [2.24, 2.45) is 11.8 Å². The topological polar surface area (TPSA) is 58.2 Å². The van der Waals surface area contributed by atoms with Gasteiger partial charge in [0.2, 0.25) is 10.0 Å². The number of hydrogen-bond donors (Lipinski definition) is 2. The van der Waals surface area contributed by atoms with E-state index in [9.17, 15) is 12.8 Å². The number of nitrogens with one attached hydrogen (secondary N) is 2. The molecular formula is C15H23FN2O2S. The van der Waals surface area contributed by atoms with Crippen LogP contribution in [0.1, 0.15) is 32.3 Å². The molecule has 1 fully saturated rings. The molecule has 1 aromatic carbocycles. The zero-order valence-corrected chi connectivity index (χ0v) is 13.3. The van der Waals surface area contributed by atoms with Crippen LogP contribution in [0, 0.1) is 17.7 Å². The largest absolute Gasteiger partial charge is 0.313 e. The molecule has 21 heavy (non-hydrogen) atoms. The number of rotatable bonds is 8. The van der Waals surface area contributed by atoms with E-state index in [1.54, 1.807) is 6.07 Å². The van der Waals surface area contributed by atoms with Gasteiger partial charge in [-0.25, -0.2) is 17.5 Å². The molecule has 1 aliphatic rings. The van der Waals surface area contributed by atoms with E-state index in [1.165, 1.54) is 12.1 Å². The molecule has 1 aliphatic carbocycles. The summed E-state index contributed by atoms with van der Waals surface area (Å²) in [4.78, 5) is -0.258. The maximum atomic E-state index is 13.8. The lowest BCUT2D eigenvalue weighted by Crippen LogP contribution is -2.27. The van der Waals surface area contributed by atoms with E-state index in [2.05, 4.69) is 23.9 Å². The predicted molar refractivity (Wildman–Crippen MR) is 80.9 cm³/mol. The van der Waals surface area contributed by atoms with Crippen LogP contribution in [0.25, 0.3) is 0 Å². The van der Waals surface area contributed by atoms with Gasteiger partial charge in [-0.3, -0.25) is 0 Å². The van der Waals surface area contributed by atoms with Crippen molar-refractivity contribution in [3.8, 4) is 0 Å². The number of hydrogen-bond acceptors (Lipinski definition) is 3. The van der Waals surface area contributed by atoms with E-state index < -0.39 is 15.8 Å². The smallest absolute Gasteiger partial charge is 0.243 e. The third kappa shape index (κ3) is 4.49. The molecule has 2 atom stereocenters. The number of sulfonamides is 1. The summed E-state index contributed by atoms with van der Waals surface area (Å²) < 4.78 is 40.8. The van der Waals surface area contributed by atoms with Crippen LogP contribution in [0.3, 0.4) is 0 Å². The quantitative estimate of drug-likeness (QED) is 0.724. The first-order valence-corrected chi connectivity index (χ1v) is 8.91. The molecule has 0 saturated heterocycles. The molecule has 2 N–H and O–H groups in total. The molecule has 0 heterocycles. The fourth-order valence-electron chi connectivity index (χ4n) is 2.25. The summed E-state index contributed by atoms with van der Waals surface area (Å²) in [5, 5.41) is 3.18. The summed E-state index contributed by atoms with van der Waals surface area (Å²) in [5.41, 5.74) is 0.769. The lowest BCUT2D eigenvalue weighted by Gasteiger charge is -2.10. The van der Waals surface area contributed by atoms with Gasteiger partial charge in [0.1, 0.15) is 10.7 Å². The predicted octanol–water partition coefficient (Wildman–Crippen LogP) is 2.26. The van der Waals surface area contributed by atoms with Gasteiger partial charge >= 0.3 is 0 Å². The lowest BCUT2D eigenvalue weighted by atomic mass is 10.2. The molecule has 4 nitrogen and oxygen atoms in total. The average molecular weight is 314 g/mol. The molecule has 1 saturated carbocycles. The van der Waals surface area contributed by atoms with E-state index >= 15 is 0 Å². The van der Waals surface area contributed by atoms with Crippen molar-refractivity contribution in [2.45, 2.75) is 38.1 Å². The second kappa shape index (κ2) is 6.85. The first kappa shape index (κ1) is 16.4. The summed E-state index contributed by atoms with van der Waals surface area (Å²) in [6.07, 6.45) is 2.03. The van der Waals surface area contributed by atoms with Gasteiger partial charge in [0.25, 0.3) is 0 Å². The normalized spacial score (nSPS) is 21.5. The first-order chi connectivity index (χ1) is 9.94. The minimum absolute atomic E-state index is 0.258. The third-order valence-electron chi connectivity index (χ3n) is 3.85. The molecule has 0 aromatic heterocycles. The van der Waals surface area contributed by atoms with Gasteiger partial charge in [-0.1, -0.05) is 19.9 Å². The second-order valence-corrected chi connectivity index (χ2v) is 7.50. The van der Waals surface area contributed by atoms with E-state index in [0.29, 0.717) is 24.9 Å². The molecule has 2 unspecified atom stereocenters. The van der Waals surface area contributed by atoms with Crippen molar-refractivity contribution >= 4 is 10.0 Å². The van der Waals surface area contributed by atoms with Crippen molar-refractivity contribution in [1.29, 1.82) is 0 Å². The zero-order chi connectivity index (χ0) is 15.5. The van der Waals surface area contributed by atoms with Crippen molar-refractivity contribution in [3.63, 3.8) is 0 Å². The molecule has 0 spiro atoms.